The highest BCUT2D eigenvalue weighted by Crippen LogP contribution is 2.01. The number of nitrogens with zero attached hydrogens (tertiary/aromatic N) is 4. The summed E-state index contributed by atoms with van der Waals surface area (Å²) in [5.74, 6) is 1.43. The Kier molecular flexibility index (Phi) is 8.52. The van der Waals surface area contributed by atoms with Crippen LogP contribution in [0.25, 0.3) is 0 Å². The van der Waals surface area contributed by atoms with Gasteiger partial charge in [0, 0.05) is 11.6 Å². The van der Waals surface area contributed by atoms with Gasteiger partial charge in [-0.15, -0.1) is 0 Å². The van der Waals surface area contributed by atoms with Gasteiger partial charge in [-0.25, -0.2) is 0 Å². The maximum absolute atomic E-state index is 2.38. The molecule has 0 N–H and O–H groups in total. The molecular formula is C11H32N4Si2. The van der Waals surface area contributed by atoms with Gasteiger partial charge in [0.15, 0.2) is 0 Å². The fourth-order valence-electron chi connectivity index (χ4n) is 2.44. The van der Waals surface area contributed by atoms with Gasteiger partial charge in [0.1, 0.15) is 0 Å². The molecule has 6 heteroatoms. The van der Waals surface area contributed by atoms with Crippen LogP contribution in [0.4, 0.5) is 0 Å². The molecule has 0 unspecified atom stereocenters. The first-order valence-electron chi connectivity index (χ1n) is 6.43. The van der Waals surface area contributed by atoms with E-state index < -0.39 is 0 Å². The van der Waals surface area contributed by atoms with Crippen molar-refractivity contribution < 1.29 is 0 Å². The van der Waals surface area contributed by atoms with Crippen LogP contribution in [0.3, 0.4) is 0 Å². The zero-order valence-electron chi connectivity index (χ0n) is 13.1. The van der Waals surface area contributed by atoms with Gasteiger partial charge < -0.3 is 0 Å². The number of hydrogen-bond acceptors (Lipinski definition) is 4. The summed E-state index contributed by atoms with van der Waals surface area (Å²) < 4.78 is 0. The third-order valence-electron chi connectivity index (χ3n) is 3.31. The van der Waals surface area contributed by atoms with Gasteiger partial charge in [0.25, 0.3) is 0 Å². The predicted molar refractivity (Wildman–Crippen MR) is 84.2 cm³/mol. The van der Waals surface area contributed by atoms with Gasteiger partial charge in [0.2, 0.25) is 0 Å². The normalized spacial score (nSPS) is 14.5. The van der Waals surface area contributed by atoms with Gasteiger partial charge in [-0.1, -0.05) is 5.67 Å². The number of hydrogen-bond donors (Lipinski definition) is 0. The van der Waals surface area contributed by atoms with E-state index in [1.807, 2.05) is 0 Å². The molecule has 0 aliphatic rings. The Labute approximate surface area is 113 Å². The minimum absolute atomic E-state index is 0.0162. The molecule has 0 aliphatic carbocycles. The van der Waals surface area contributed by atoms with Crippen molar-refractivity contribution in [3.05, 3.63) is 0 Å². The van der Waals surface area contributed by atoms with Crippen molar-refractivity contribution in [3.63, 3.8) is 0 Å². The maximum atomic E-state index is 2.38. The van der Waals surface area contributed by atoms with E-state index in [1.165, 1.54) is 5.67 Å². The average molecular weight is 277 g/mol. The standard InChI is InChI=1S/C11H32N4Si2/c1-12(2)10(13(3)4)16-9-17-11(14(5)6)15(7)8/h10-11H,9,16-17H2,1-8H3. The topological polar surface area (TPSA) is 13.0 Å². The van der Waals surface area contributed by atoms with Crippen molar-refractivity contribution >= 4 is 19.0 Å². The second kappa shape index (κ2) is 8.39. The van der Waals surface area contributed by atoms with E-state index in [0.717, 1.165) is 0 Å². The fraction of sp³-hybridized carbons (Fsp3) is 1.00. The Morgan fingerprint density at radius 1 is 0.588 bits per heavy atom. The summed E-state index contributed by atoms with van der Waals surface area (Å²) in [5, 5.41) is 0. The Bertz CT molecular complexity index is 162. The summed E-state index contributed by atoms with van der Waals surface area (Å²) >= 11 is 0. The lowest BCUT2D eigenvalue weighted by Crippen LogP contribution is -2.48. The molecule has 0 atom stereocenters. The largest absolute Gasteiger partial charge is 0.297 e. The van der Waals surface area contributed by atoms with Crippen molar-refractivity contribution in [1.82, 2.24) is 19.6 Å². The lowest BCUT2D eigenvalue weighted by molar-refractivity contribution is 0.197. The molecule has 104 valence electrons. The van der Waals surface area contributed by atoms with Crippen LogP contribution in [0.5, 0.6) is 0 Å². The molecule has 0 saturated heterocycles. The molecule has 0 spiro atoms. The van der Waals surface area contributed by atoms with E-state index in [4.69, 9.17) is 0 Å². The van der Waals surface area contributed by atoms with E-state index >= 15 is 0 Å². The Morgan fingerprint density at radius 3 is 1.00 bits per heavy atom. The quantitative estimate of drug-likeness (QED) is 0.396. The minimum Gasteiger partial charge on any atom is -0.297 e. The lowest BCUT2D eigenvalue weighted by atomic mass is 10.8. The highest BCUT2D eigenvalue weighted by atomic mass is 28.3. The SMILES string of the molecule is CN(C)C([SiH2]C[SiH2]C(N(C)C)N(C)C)N(C)C. The third-order valence-corrected chi connectivity index (χ3v) is 10.5. The fourth-order valence-corrected chi connectivity index (χ4v) is 8.37. The van der Waals surface area contributed by atoms with Gasteiger partial charge in [0.05, 0.1) is 19.0 Å². The zero-order valence-corrected chi connectivity index (χ0v) is 15.9. The van der Waals surface area contributed by atoms with Crippen LogP contribution in [0.1, 0.15) is 0 Å². The average Bonchev–Trinajstić information content (AvgIpc) is 2.14. The van der Waals surface area contributed by atoms with Gasteiger partial charge in [-0.2, -0.15) is 0 Å². The first-order chi connectivity index (χ1) is 7.77. The summed E-state index contributed by atoms with van der Waals surface area (Å²) in [6.45, 7) is 0. The molecule has 0 heterocycles. The first-order valence-corrected chi connectivity index (χ1v) is 10.1. The third kappa shape index (κ3) is 6.68. The number of rotatable bonds is 8. The van der Waals surface area contributed by atoms with Gasteiger partial charge >= 0.3 is 0 Å². The summed E-state index contributed by atoms with van der Waals surface area (Å²) in [4.78, 5) is 9.50. The molecule has 0 amide bonds. The molecule has 0 aromatic heterocycles. The van der Waals surface area contributed by atoms with Crippen LogP contribution in [0.15, 0.2) is 0 Å². The summed E-state index contributed by atoms with van der Waals surface area (Å²) in [7, 11) is 17.6. The highest BCUT2D eigenvalue weighted by molar-refractivity contribution is 6.57. The molecule has 4 nitrogen and oxygen atoms in total. The summed E-state index contributed by atoms with van der Waals surface area (Å²) in [6, 6.07) is 0. The van der Waals surface area contributed by atoms with Crippen LogP contribution >= 0.6 is 0 Å². The van der Waals surface area contributed by atoms with Gasteiger partial charge in [-0.3, -0.25) is 19.6 Å². The molecule has 17 heavy (non-hydrogen) atoms. The van der Waals surface area contributed by atoms with Crippen molar-refractivity contribution in [3.8, 4) is 0 Å². The predicted octanol–water partition coefficient (Wildman–Crippen LogP) is -1.49. The Hall–Kier alpha value is 0.274. The Morgan fingerprint density at radius 2 is 0.824 bits per heavy atom. The smallest absolute Gasteiger partial charge is 0.0561 e. The van der Waals surface area contributed by atoms with E-state index in [2.05, 4.69) is 76.0 Å². The van der Waals surface area contributed by atoms with Crippen molar-refractivity contribution in [2.75, 3.05) is 56.4 Å². The highest BCUT2D eigenvalue weighted by Gasteiger charge is 2.18. The molecule has 0 fully saturated rings. The van der Waals surface area contributed by atoms with E-state index in [1.54, 1.807) is 0 Å². The van der Waals surface area contributed by atoms with Crippen LogP contribution in [0, 0.1) is 0 Å². The van der Waals surface area contributed by atoms with Crippen molar-refractivity contribution in [2.24, 2.45) is 0 Å². The van der Waals surface area contributed by atoms with Crippen molar-refractivity contribution in [2.45, 2.75) is 17.2 Å². The minimum atomic E-state index is -0.0162. The molecule has 0 aromatic rings. The van der Waals surface area contributed by atoms with Crippen LogP contribution in [-0.2, 0) is 0 Å². The Balaban J connectivity index is 4.10. The lowest BCUT2D eigenvalue weighted by Gasteiger charge is -2.33. The van der Waals surface area contributed by atoms with Crippen LogP contribution in [-0.4, -0.2) is 107 Å². The second-order valence-corrected chi connectivity index (χ2v) is 11.2. The molecule has 0 saturated carbocycles. The molecular weight excluding hydrogens is 244 g/mol. The van der Waals surface area contributed by atoms with E-state index in [0.29, 0.717) is 11.6 Å². The maximum Gasteiger partial charge on any atom is 0.0561 e. The monoisotopic (exact) mass is 276 g/mol. The van der Waals surface area contributed by atoms with Crippen LogP contribution < -0.4 is 0 Å². The summed E-state index contributed by atoms with van der Waals surface area (Å²) in [6.07, 6.45) is 0. The second-order valence-electron chi connectivity index (χ2n) is 5.75. The zero-order chi connectivity index (χ0) is 13.6. The summed E-state index contributed by atoms with van der Waals surface area (Å²) in [5.41, 5.74) is 1.53. The first kappa shape index (κ1) is 17.3. The van der Waals surface area contributed by atoms with E-state index in [-0.39, 0.29) is 19.0 Å². The molecule has 0 radical (unpaired) electrons. The molecule has 0 rings (SSSR count). The van der Waals surface area contributed by atoms with E-state index in [9.17, 15) is 0 Å². The molecule has 0 aromatic carbocycles. The van der Waals surface area contributed by atoms with Crippen LogP contribution in [0.2, 0.25) is 5.67 Å². The van der Waals surface area contributed by atoms with Gasteiger partial charge in [-0.05, 0) is 56.4 Å². The molecule has 0 aliphatic heterocycles. The molecule has 0 bridgehead atoms. The van der Waals surface area contributed by atoms with Crippen molar-refractivity contribution in [1.29, 1.82) is 0 Å².